The predicted molar refractivity (Wildman–Crippen MR) is 175 cm³/mol. The van der Waals surface area contributed by atoms with Crippen LogP contribution in [-0.2, 0) is 33.3 Å². The molecule has 1 aliphatic carbocycles. The van der Waals surface area contributed by atoms with Crippen LogP contribution in [0.2, 0.25) is 0 Å². The van der Waals surface area contributed by atoms with Gasteiger partial charge in [-0.1, -0.05) is 49.4 Å². The van der Waals surface area contributed by atoms with E-state index in [0.717, 1.165) is 32.1 Å². The fourth-order valence-electron chi connectivity index (χ4n) is 4.54. The molecule has 9 nitrogen and oxygen atoms in total. The Balaban J connectivity index is 1.96. The van der Waals surface area contributed by atoms with Gasteiger partial charge in [-0.15, -0.1) is 0 Å². The number of esters is 1. The highest BCUT2D eigenvalue weighted by atomic mass is 16.5. The molecule has 9 heteroatoms. The molecule has 0 radical (unpaired) electrons. The van der Waals surface area contributed by atoms with Crippen LogP contribution in [0.3, 0.4) is 0 Å². The first-order chi connectivity index (χ1) is 21.7. The summed E-state index contributed by atoms with van der Waals surface area (Å²) >= 11 is 0. The van der Waals surface area contributed by atoms with Gasteiger partial charge in [-0.05, 0) is 66.0 Å². The fourth-order valence-corrected chi connectivity index (χ4v) is 4.54. The SMILES string of the molecule is COC1=C(OC)C(=O)C(CCCCCCCCOC(=O)c2cc(C#CC(C)(C)OC)c(OC)c(C#CC(C)(C)OC)c2)=C(C)C1=O. The van der Waals surface area contributed by atoms with Gasteiger partial charge in [0.1, 0.15) is 17.0 Å². The first-order valence-electron chi connectivity index (χ1n) is 15.4. The van der Waals surface area contributed by atoms with Crippen molar-refractivity contribution >= 4 is 17.5 Å². The van der Waals surface area contributed by atoms with Crippen LogP contribution in [0.1, 0.15) is 101 Å². The Bertz CT molecular complexity index is 1410. The van der Waals surface area contributed by atoms with Crippen molar-refractivity contribution in [1.29, 1.82) is 0 Å². The largest absolute Gasteiger partial charge is 0.494 e. The highest BCUT2D eigenvalue weighted by Crippen LogP contribution is 2.29. The Kier molecular flexibility index (Phi) is 14.6. The number of methoxy groups -OCH3 is 5. The Morgan fingerprint density at radius 2 is 1.17 bits per heavy atom. The molecule has 2 rings (SSSR count). The zero-order valence-electron chi connectivity index (χ0n) is 29.0. The summed E-state index contributed by atoms with van der Waals surface area (Å²) in [6.45, 7) is 9.31. The average Bonchev–Trinajstić information content (AvgIpc) is 3.04. The Morgan fingerprint density at radius 1 is 0.696 bits per heavy atom. The first kappa shape index (κ1) is 38.1. The van der Waals surface area contributed by atoms with Crippen molar-refractivity contribution in [3.63, 3.8) is 0 Å². The molecular weight excluding hydrogens is 588 g/mol. The summed E-state index contributed by atoms with van der Waals surface area (Å²) in [6, 6.07) is 3.30. The van der Waals surface area contributed by atoms with Crippen molar-refractivity contribution in [1.82, 2.24) is 0 Å². The number of rotatable bonds is 15. The maximum absolute atomic E-state index is 13.1. The van der Waals surface area contributed by atoms with Crippen molar-refractivity contribution in [2.45, 2.75) is 90.8 Å². The van der Waals surface area contributed by atoms with Crippen LogP contribution in [0.15, 0.2) is 34.8 Å². The summed E-state index contributed by atoms with van der Waals surface area (Å²) in [7, 11) is 7.41. The third kappa shape index (κ3) is 10.5. The lowest BCUT2D eigenvalue weighted by molar-refractivity contribution is -0.121. The van der Waals surface area contributed by atoms with Crippen molar-refractivity contribution in [2.24, 2.45) is 0 Å². The van der Waals surface area contributed by atoms with E-state index in [1.165, 1.54) is 21.3 Å². The Morgan fingerprint density at radius 3 is 1.65 bits per heavy atom. The first-order valence-corrected chi connectivity index (χ1v) is 15.4. The molecule has 0 amide bonds. The molecule has 1 aliphatic rings. The zero-order valence-corrected chi connectivity index (χ0v) is 29.0. The van der Waals surface area contributed by atoms with Gasteiger partial charge in [0.15, 0.2) is 0 Å². The van der Waals surface area contributed by atoms with Crippen LogP contribution in [0.4, 0.5) is 0 Å². The van der Waals surface area contributed by atoms with Crippen molar-refractivity contribution in [3.05, 3.63) is 51.5 Å². The maximum atomic E-state index is 13.1. The predicted octanol–water partition coefficient (Wildman–Crippen LogP) is 6.11. The minimum Gasteiger partial charge on any atom is -0.494 e. The molecule has 0 bridgehead atoms. The Labute approximate surface area is 274 Å². The van der Waals surface area contributed by atoms with E-state index in [1.54, 1.807) is 33.3 Å². The molecule has 250 valence electrons. The van der Waals surface area contributed by atoms with Crippen molar-refractivity contribution in [3.8, 4) is 29.4 Å². The minimum atomic E-state index is -0.701. The quantitative estimate of drug-likeness (QED) is 0.0976. The van der Waals surface area contributed by atoms with Crippen LogP contribution in [-0.4, -0.2) is 70.9 Å². The molecule has 1 aromatic rings. The van der Waals surface area contributed by atoms with E-state index in [-0.39, 0.29) is 29.7 Å². The lowest BCUT2D eigenvalue weighted by Crippen LogP contribution is -2.25. The molecule has 0 heterocycles. The van der Waals surface area contributed by atoms with E-state index in [9.17, 15) is 14.4 Å². The molecule has 0 saturated heterocycles. The van der Waals surface area contributed by atoms with Crippen LogP contribution in [0, 0.1) is 23.7 Å². The third-order valence-electron chi connectivity index (χ3n) is 7.69. The van der Waals surface area contributed by atoms with Crippen molar-refractivity contribution in [2.75, 3.05) is 42.2 Å². The summed E-state index contributed by atoms with van der Waals surface area (Å²) < 4.78 is 32.3. The number of benzene rings is 1. The molecule has 0 saturated carbocycles. The second-order valence-electron chi connectivity index (χ2n) is 11.9. The number of unbranched alkanes of at least 4 members (excludes halogenated alkanes) is 5. The lowest BCUT2D eigenvalue weighted by Gasteiger charge is -2.20. The molecular formula is C37H48O9. The number of carbonyl (C=O) groups excluding carboxylic acids is 3. The van der Waals surface area contributed by atoms with Crippen LogP contribution < -0.4 is 4.74 Å². The second kappa shape index (κ2) is 17.6. The van der Waals surface area contributed by atoms with E-state index in [0.29, 0.717) is 46.4 Å². The van der Waals surface area contributed by atoms with E-state index in [4.69, 9.17) is 28.4 Å². The topological polar surface area (TPSA) is 107 Å². The molecule has 0 aliphatic heterocycles. The van der Waals surface area contributed by atoms with E-state index >= 15 is 0 Å². The monoisotopic (exact) mass is 636 g/mol. The number of ether oxygens (including phenoxy) is 6. The van der Waals surface area contributed by atoms with Gasteiger partial charge in [0.25, 0.3) is 0 Å². The normalized spacial score (nSPS) is 13.5. The van der Waals surface area contributed by atoms with Gasteiger partial charge in [0.05, 0.1) is 44.6 Å². The van der Waals surface area contributed by atoms with Crippen LogP contribution in [0.25, 0.3) is 0 Å². The zero-order chi connectivity index (χ0) is 34.5. The number of allylic oxidation sites excluding steroid dienone is 2. The van der Waals surface area contributed by atoms with Gasteiger partial charge >= 0.3 is 5.97 Å². The molecule has 0 N–H and O–H groups in total. The highest BCUT2D eigenvalue weighted by Gasteiger charge is 2.34. The molecule has 46 heavy (non-hydrogen) atoms. The second-order valence-corrected chi connectivity index (χ2v) is 11.9. The number of hydrogen-bond donors (Lipinski definition) is 0. The highest BCUT2D eigenvalue weighted by molar-refractivity contribution is 6.23. The molecule has 0 aromatic heterocycles. The molecule has 0 spiro atoms. The van der Waals surface area contributed by atoms with Gasteiger partial charge in [-0.3, -0.25) is 9.59 Å². The number of hydrogen-bond acceptors (Lipinski definition) is 9. The summed E-state index contributed by atoms with van der Waals surface area (Å²) in [6.07, 6.45) is 5.68. The summed E-state index contributed by atoms with van der Waals surface area (Å²) in [5, 5.41) is 0. The summed E-state index contributed by atoms with van der Waals surface area (Å²) in [5.74, 6) is 11.6. The van der Waals surface area contributed by atoms with Crippen LogP contribution in [0.5, 0.6) is 5.75 Å². The Hall–Kier alpha value is -4.05. The van der Waals surface area contributed by atoms with E-state index in [2.05, 4.69) is 23.7 Å². The number of carbonyl (C=O) groups is 3. The molecule has 1 aromatic carbocycles. The van der Waals surface area contributed by atoms with Crippen LogP contribution >= 0.6 is 0 Å². The fraction of sp³-hybridized carbons (Fsp3) is 0.541. The van der Waals surface area contributed by atoms with E-state index in [1.807, 2.05) is 27.7 Å². The number of Topliss-reactive ketones (excluding diaryl/α,β-unsaturated/α-hetero) is 2. The molecule has 0 atom stereocenters. The van der Waals surface area contributed by atoms with Gasteiger partial charge in [-0.25, -0.2) is 4.79 Å². The van der Waals surface area contributed by atoms with Crippen molar-refractivity contribution < 1.29 is 42.8 Å². The lowest BCUT2D eigenvalue weighted by atomic mass is 9.89. The molecule has 0 unspecified atom stereocenters. The number of ketones is 2. The van der Waals surface area contributed by atoms with Gasteiger partial charge in [0, 0.05) is 25.4 Å². The average molecular weight is 637 g/mol. The smallest absolute Gasteiger partial charge is 0.338 e. The van der Waals surface area contributed by atoms with Gasteiger partial charge < -0.3 is 28.4 Å². The third-order valence-corrected chi connectivity index (χ3v) is 7.69. The van der Waals surface area contributed by atoms with Gasteiger partial charge in [-0.2, -0.15) is 0 Å². The van der Waals surface area contributed by atoms with Gasteiger partial charge in [0.2, 0.25) is 23.1 Å². The summed E-state index contributed by atoms with van der Waals surface area (Å²) in [5.41, 5.74) is 0.823. The standard InChI is InChI=1S/C37H48O9/c1-25-29(31(39)34(43-8)33(42-7)30(25)38)17-15-13-11-12-14-16-22-46-35(40)28-23-26(18-20-36(2,3)44-9)32(41-6)27(24-28)19-21-37(4,5)45-10/h23-24H,11-17,22H2,1-10H3. The molecule has 0 fully saturated rings. The summed E-state index contributed by atoms with van der Waals surface area (Å²) in [4.78, 5) is 38.4. The van der Waals surface area contributed by atoms with E-state index < -0.39 is 17.2 Å². The maximum Gasteiger partial charge on any atom is 0.338 e. The minimum absolute atomic E-state index is 0.0318.